The summed E-state index contributed by atoms with van der Waals surface area (Å²) in [5, 5.41) is 8.08. The summed E-state index contributed by atoms with van der Waals surface area (Å²) >= 11 is 6.60. The van der Waals surface area contributed by atoms with E-state index in [0.717, 1.165) is 0 Å². The van der Waals surface area contributed by atoms with Gasteiger partial charge in [0, 0.05) is 11.6 Å². The maximum atomic E-state index is 9.81. The highest BCUT2D eigenvalue weighted by atomic mass is 35.5. The number of alkyl halides is 1. The second kappa shape index (κ2) is 5.25. The molecule has 1 N–H and O–H groups in total. The first-order chi connectivity index (χ1) is 3.77. The second-order valence-electron chi connectivity index (χ2n) is 1.14. The van der Waals surface area contributed by atoms with Crippen molar-refractivity contribution >= 4 is 29.3 Å². The summed E-state index contributed by atoms with van der Waals surface area (Å²) in [5.74, 6) is 0.624. The normalized spacial score (nSPS) is 9.12. The van der Waals surface area contributed by atoms with Crippen LogP contribution in [0.25, 0.3) is 0 Å². The number of aliphatic carboxylic acids is 1. The van der Waals surface area contributed by atoms with Crippen molar-refractivity contribution in [2.75, 3.05) is 17.4 Å². The average Bonchev–Trinajstić information content (AvgIpc) is 1.66. The summed E-state index contributed by atoms with van der Waals surface area (Å²) in [7, 11) is 0. The molecule has 0 aromatic carbocycles. The molecule has 48 valence electrons. The van der Waals surface area contributed by atoms with Gasteiger partial charge in [-0.15, -0.1) is 23.4 Å². The van der Waals surface area contributed by atoms with Crippen LogP contribution in [-0.2, 0) is 4.79 Å². The molecule has 0 aliphatic carbocycles. The SMILES string of the molecule is O=C(O)CSCCCl. The quantitative estimate of drug-likeness (QED) is 0.486. The molecule has 0 radical (unpaired) electrons. The van der Waals surface area contributed by atoms with Gasteiger partial charge >= 0.3 is 5.97 Å². The lowest BCUT2D eigenvalue weighted by atomic mass is 10.8. The molecule has 8 heavy (non-hydrogen) atoms. The van der Waals surface area contributed by atoms with Gasteiger partial charge in [0.2, 0.25) is 0 Å². The van der Waals surface area contributed by atoms with Crippen LogP contribution in [0.3, 0.4) is 0 Å². The van der Waals surface area contributed by atoms with E-state index < -0.39 is 5.97 Å². The Kier molecular flexibility index (Phi) is 5.32. The third kappa shape index (κ3) is 6.11. The summed E-state index contributed by atoms with van der Waals surface area (Å²) in [6.45, 7) is 0. The molecule has 0 unspecified atom stereocenters. The van der Waals surface area contributed by atoms with Gasteiger partial charge in [-0.2, -0.15) is 0 Å². The Morgan fingerprint density at radius 1 is 1.75 bits per heavy atom. The second-order valence-corrected chi connectivity index (χ2v) is 2.62. The van der Waals surface area contributed by atoms with Crippen molar-refractivity contribution in [2.24, 2.45) is 0 Å². The van der Waals surface area contributed by atoms with Crippen LogP contribution >= 0.6 is 23.4 Å². The first-order valence-electron chi connectivity index (χ1n) is 2.13. The Morgan fingerprint density at radius 2 is 2.38 bits per heavy atom. The summed E-state index contributed by atoms with van der Waals surface area (Å²) in [6.07, 6.45) is 0. The number of rotatable bonds is 4. The number of hydrogen-bond donors (Lipinski definition) is 1. The predicted molar refractivity (Wildman–Crippen MR) is 35.7 cm³/mol. The summed E-state index contributed by atoms with van der Waals surface area (Å²) < 4.78 is 0. The Balaban J connectivity index is 2.82. The third-order valence-electron chi connectivity index (χ3n) is 0.447. The molecule has 0 aliphatic heterocycles. The van der Waals surface area contributed by atoms with Crippen LogP contribution in [0.15, 0.2) is 0 Å². The molecule has 4 heteroatoms. The molecule has 0 rings (SSSR count). The molecule has 0 aromatic heterocycles. The monoisotopic (exact) mass is 154 g/mol. The minimum absolute atomic E-state index is 0.159. The number of carboxylic acid groups (broad SMARTS) is 1. The van der Waals surface area contributed by atoms with E-state index >= 15 is 0 Å². The van der Waals surface area contributed by atoms with E-state index in [2.05, 4.69) is 0 Å². The van der Waals surface area contributed by atoms with Gasteiger partial charge in [0.15, 0.2) is 0 Å². The standard InChI is InChI=1S/C4H7ClO2S/c5-1-2-8-3-4(6)7/h1-3H2,(H,6,7). The first kappa shape index (κ1) is 8.11. The van der Waals surface area contributed by atoms with E-state index in [0.29, 0.717) is 11.6 Å². The molecule has 0 atom stereocenters. The van der Waals surface area contributed by atoms with Gasteiger partial charge < -0.3 is 5.11 Å². The lowest BCUT2D eigenvalue weighted by molar-refractivity contribution is -0.133. The Morgan fingerprint density at radius 3 is 2.75 bits per heavy atom. The van der Waals surface area contributed by atoms with Crippen LogP contribution in [0.5, 0.6) is 0 Å². The molecule has 0 fully saturated rings. The molecule has 0 saturated carbocycles. The summed E-state index contributed by atoms with van der Waals surface area (Å²) in [6, 6.07) is 0. The van der Waals surface area contributed by atoms with Crippen LogP contribution in [0.4, 0.5) is 0 Å². The first-order valence-corrected chi connectivity index (χ1v) is 3.82. The topological polar surface area (TPSA) is 37.3 Å². The van der Waals surface area contributed by atoms with Crippen LogP contribution in [-0.4, -0.2) is 28.5 Å². The highest BCUT2D eigenvalue weighted by molar-refractivity contribution is 7.99. The molecule has 0 aromatic rings. The van der Waals surface area contributed by atoms with E-state index in [1.165, 1.54) is 11.8 Å². The van der Waals surface area contributed by atoms with E-state index in [1.807, 2.05) is 0 Å². The third-order valence-corrected chi connectivity index (χ3v) is 1.80. The fourth-order valence-corrected chi connectivity index (χ4v) is 0.969. The van der Waals surface area contributed by atoms with Crippen molar-refractivity contribution in [1.82, 2.24) is 0 Å². The van der Waals surface area contributed by atoms with Crippen molar-refractivity contribution in [3.63, 3.8) is 0 Å². The molecular formula is C4H7ClO2S. The Bertz CT molecular complexity index is 76.4. The molecule has 2 nitrogen and oxygen atoms in total. The number of carbonyl (C=O) groups is 1. The Labute approximate surface area is 57.2 Å². The number of hydrogen-bond acceptors (Lipinski definition) is 2. The van der Waals surface area contributed by atoms with Crippen molar-refractivity contribution in [2.45, 2.75) is 0 Å². The van der Waals surface area contributed by atoms with Gasteiger partial charge in [-0.25, -0.2) is 0 Å². The number of halogens is 1. The lowest BCUT2D eigenvalue weighted by Crippen LogP contribution is -1.98. The number of carboxylic acids is 1. The molecule has 0 saturated heterocycles. The minimum atomic E-state index is -0.778. The molecule has 0 heterocycles. The van der Waals surface area contributed by atoms with Crippen LogP contribution < -0.4 is 0 Å². The fraction of sp³-hybridized carbons (Fsp3) is 0.750. The van der Waals surface area contributed by atoms with Crippen molar-refractivity contribution in [1.29, 1.82) is 0 Å². The van der Waals surface area contributed by atoms with E-state index in [4.69, 9.17) is 16.7 Å². The lowest BCUT2D eigenvalue weighted by Gasteiger charge is -1.89. The highest BCUT2D eigenvalue weighted by Gasteiger charge is 1.93. The van der Waals surface area contributed by atoms with E-state index in [9.17, 15) is 4.79 Å². The zero-order valence-corrected chi connectivity index (χ0v) is 5.84. The van der Waals surface area contributed by atoms with Gasteiger partial charge in [-0.05, 0) is 0 Å². The van der Waals surface area contributed by atoms with Crippen molar-refractivity contribution in [3.8, 4) is 0 Å². The van der Waals surface area contributed by atoms with Crippen LogP contribution in [0, 0.1) is 0 Å². The fourth-order valence-electron chi connectivity index (χ4n) is 0.214. The van der Waals surface area contributed by atoms with Crippen LogP contribution in [0.1, 0.15) is 0 Å². The maximum Gasteiger partial charge on any atom is 0.313 e. The minimum Gasteiger partial charge on any atom is -0.481 e. The van der Waals surface area contributed by atoms with Crippen molar-refractivity contribution in [3.05, 3.63) is 0 Å². The summed E-state index contributed by atoms with van der Waals surface area (Å²) in [4.78, 5) is 9.81. The average molecular weight is 155 g/mol. The van der Waals surface area contributed by atoms with Gasteiger partial charge in [-0.1, -0.05) is 0 Å². The maximum absolute atomic E-state index is 9.81. The zero-order valence-electron chi connectivity index (χ0n) is 4.26. The van der Waals surface area contributed by atoms with Gasteiger partial charge in [0.25, 0.3) is 0 Å². The predicted octanol–water partition coefficient (Wildman–Crippen LogP) is 1.04. The van der Waals surface area contributed by atoms with E-state index in [1.54, 1.807) is 0 Å². The van der Waals surface area contributed by atoms with Crippen LogP contribution in [0.2, 0.25) is 0 Å². The molecule has 0 amide bonds. The smallest absolute Gasteiger partial charge is 0.313 e. The van der Waals surface area contributed by atoms with Gasteiger partial charge in [-0.3, -0.25) is 4.79 Å². The highest BCUT2D eigenvalue weighted by Crippen LogP contribution is 1.98. The van der Waals surface area contributed by atoms with Gasteiger partial charge in [0.1, 0.15) is 0 Å². The molecular weight excluding hydrogens is 148 g/mol. The molecule has 0 spiro atoms. The number of thioether (sulfide) groups is 1. The summed E-state index contributed by atoms with van der Waals surface area (Å²) in [5.41, 5.74) is 0. The largest absolute Gasteiger partial charge is 0.481 e. The van der Waals surface area contributed by atoms with E-state index in [-0.39, 0.29) is 5.75 Å². The zero-order chi connectivity index (χ0) is 6.41. The van der Waals surface area contributed by atoms with Gasteiger partial charge in [0.05, 0.1) is 5.75 Å². The van der Waals surface area contributed by atoms with Crippen molar-refractivity contribution < 1.29 is 9.90 Å². The Hall–Kier alpha value is 0.110. The molecule has 0 bridgehead atoms. The molecule has 0 aliphatic rings.